The first-order valence-electron chi connectivity index (χ1n) is 4.27. The summed E-state index contributed by atoms with van der Waals surface area (Å²) in [6.45, 7) is 1.19. The number of carbonyl (C=O) groups excluding carboxylic acids is 1. The number of aliphatic carboxylic acids is 2. The lowest BCUT2D eigenvalue weighted by Gasteiger charge is -2.14. The van der Waals surface area contributed by atoms with Gasteiger partial charge in [0, 0.05) is 6.42 Å². The second-order valence-corrected chi connectivity index (χ2v) is 3.01. The van der Waals surface area contributed by atoms with Crippen molar-refractivity contribution in [1.82, 2.24) is 5.32 Å². The van der Waals surface area contributed by atoms with Crippen LogP contribution in [-0.4, -0.2) is 45.3 Å². The zero-order valence-corrected chi connectivity index (χ0v) is 8.14. The van der Waals surface area contributed by atoms with Gasteiger partial charge in [-0.05, 0) is 13.3 Å². The van der Waals surface area contributed by atoms with Crippen molar-refractivity contribution in [3.63, 3.8) is 0 Å². The van der Waals surface area contributed by atoms with Crippen LogP contribution in [0, 0.1) is 0 Å². The van der Waals surface area contributed by atoms with Crippen molar-refractivity contribution in [1.29, 1.82) is 0 Å². The van der Waals surface area contributed by atoms with Crippen LogP contribution in [0.2, 0.25) is 0 Å². The van der Waals surface area contributed by atoms with E-state index in [4.69, 9.17) is 15.3 Å². The molecule has 7 heteroatoms. The van der Waals surface area contributed by atoms with Crippen LogP contribution in [0.15, 0.2) is 0 Å². The molecular formula is C8H13NO6. The molecule has 0 aromatic carbocycles. The molecular weight excluding hydrogens is 206 g/mol. The third-order valence-electron chi connectivity index (χ3n) is 1.64. The zero-order chi connectivity index (χ0) is 12.0. The second-order valence-electron chi connectivity index (χ2n) is 3.01. The first-order valence-corrected chi connectivity index (χ1v) is 4.27. The van der Waals surface area contributed by atoms with Crippen LogP contribution in [0.1, 0.15) is 19.8 Å². The largest absolute Gasteiger partial charge is 0.481 e. The molecule has 0 aromatic rings. The molecule has 0 aliphatic heterocycles. The van der Waals surface area contributed by atoms with Crippen molar-refractivity contribution in [2.75, 3.05) is 0 Å². The van der Waals surface area contributed by atoms with E-state index >= 15 is 0 Å². The summed E-state index contributed by atoms with van der Waals surface area (Å²) in [4.78, 5) is 31.7. The lowest BCUT2D eigenvalue weighted by molar-refractivity contribution is -0.144. The van der Waals surface area contributed by atoms with Crippen LogP contribution in [0.25, 0.3) is 0 Å². The molecule has 0 aromatic heterocycles. The van der Waals surface area contributed by atoms with Crippen molar-refractivity contribution < 1.29 is 29.7 Å². The van der Waals surface area contributed by atoms with Gasteiger partial charge in [-0.15, -0.1) is 0 Å². The van der Waals surface area contributed by atoms with Crippen LogP contribution in [0.4, 0.5) is 0 Å². The molecule has 7 nitrogen and oxygen atoms in total. The maximum absolute atomic E-state index is 10.9. The first kappa shape index (κ1) is 13.4. The van der Waals surface area contributed by atoms with Crippen molar-refractivity contribution >= 4 is 17.8 Å². The van der Waals surface area contributed by atoms with E-state index in [0.717, 1.165) is 0 Å². The summed E-state index contributed by atoms with van der Waals surface area (Å²) in [5.74, 6) is -3.31. The summed E-state index contributed by atoms with van der Waals surface area (Å²) in [6.07, 6.45) is -1.91. The van der Waals surface area contributed by atoms with Crippen LogP contribution in [-0.2, 0) is 14.4 Å². The van der Waals surface area contributed by atoms with E-state index in [1.54, 1.807) is 0 Å². The average molecular weight is 219 g/mol. The summed E-state index contributed by atoms with van der Waals surface area (Å²) in [6, 6.07) is -1.29. The highest BCUT2D eigenvalue weighted by molar-refractivity contribution is 5.86. The number of carbonyl (C=O) groups is 3. The topological polar surface area (TPSA) is 124 Å². The second kappa shape index (κ2) is 5.97. The summed E-state index contributed by atoms with van der Waals surface area (Å²) >= 11 is 0. The number of rotatable bonds is 6. The fourth-order valence-corrected chi connectivity index (χ4v) is 0.818. The number of hydrogen-bond acceptors (Lipinski definition) is 4. The van der Waals surface area contributed by atoms with Gasteiger partial charge in [0.25, 0.3) is 0 Å². The Morgan fingerprint density at radius 3 is 2.13 bits per heavy atom. The molecule has 2 atom stereocenters. The number of carboxylic acid groups (broad SMARTS) is 2. The molecule has 0 aliphatic carbocycles. The highest BCUT2D eigenvalue weighted by atomic mass is 16.4. The summed E-state index contributed by atoms with van der Waals surface area (Å²) in [5.41, 5.74) is 0. The zero-order valence-electron chi connectivity index (χ0n) is 8.14. The van der Waals surface area contributed by atoms with Gasteiger partial charge in [0.2, 0.25) is 5.91 Å². The Kier molecular flexibility index (Phi) is 5.32. The monoisotopic (exact) mass is 219 g/mol. The van der Waals surface area contributed by atoms with Gasteiger partial charge in [-0.1, -0.05) is 0 Å². The smallest absolute Gasteiger partial charge is 0.326 e. The number of carboxylic acids is 2. The van der Waals surface area contributed by atoms with Crippen molar-refractivity contribution in [2.45, 2.75) is 31.9 Å². The standard InChI is InChI=1S/C8H13NO6/c1-4(10)7(13)9-5(8(14)15)2-3-6(11)12/h4-5,10H,2-3H2,1H3,(H,9,13)(H,11,12)(H,14,15)/t4-,5+/m1/s1. The van der Waals surface area contributed by atoms with E-state index in [9.17, 15) is 14.4 Å². The summed E-state index contributed by atoms with van der Waals surface area (Å²) in [7, 11) is 0. The molecule has 0 saturated heterocycles. The number of hydrogen-bond donors (Lipinski definition) is 4. The SMILES string of the molecule is C[C@@H](O)C(=O)N[C@@H](CCC(=O)O)C(=O)O. The minimum absolute atomic E-state index is 0.219. The lowest BCUT2D eigenvalue weighted by Crippen LogP contribution is -2.44. The summed E-state index contributed by atoms with van der Waals surface area (Å²) < 4.78 is 0. The number of aliphatic hydroxyl groups is 1. The van der Waals surface area contributed by atoms with Crippen molar-refractivity contribution in [3.8, 4) is 0 Å². The quantitative estimate of drug-likeness (QED) is 0.445. The predicted octanol–water partition coefficient (Wildman–Crippen LogP) is -1.20. The molecule has 0 bridgehead atoms. The van der Waals surface area contributed by atoms with E-state index < -0.39 is 30.0 Å². The Morgan fingerprint density at radius 2 is 1.80 bits per heavy atom. The summed E-state index contributed by atoms with van der Waals surface area (Å²) in [5, 5.41) is 27.8. The maximum atomic E-state index is 10.9. The third-order valence-corrected chi connectivity index (χ3v) is 1.64. The van der Waals surface area contributed by atoms with Gasteiger partial charge in [0.15, 0.2) is 0 Å². The van der Waals surface area contributed by atoms with E-state index in [1.807, 2.05) is 5.32 Å². The predicted molar refractivity (Wildman–Crippen MR) is 48.1 cm³/mol. The molecule has 0 unspecified atom stereocenters. The first-order chi connectivity index (χ1) is 6.84. The van der Waals surface area contributed by atoms with E-state index in [2.05, 4.69) is 0 Å². The van der Waals surface area contributed by atoms with E-state index in [-0.39, 0.29) is 12.8 Å². The number of aliphatic hydroxyl groups excluding tert-OH is 1. The minimum atomic E-state index is -1.33. The number of nitrogens with one attached hydrogen (secondary N) is 1. The van der Waals surface area contributed by atoms with E-state index in [1.165, 1.54) is 6.92 Å². The van der Waals surface area contributed by atoms with E-state index in [0.29, 0.717) is 0 Å². The van der Waals surface area contributed by atoms with Gasteiger partial charge in [-0.25, -0.2) is 4.79 Å². The Labute approximate surface area is 85.7 Å². The molecule has 4 N–H and O–H groups in total. The van der Waals surface area contributed by atoms with Crippen molar-refractivity contribution in [3.05, 3.63) is 0 Å². The molecule has 0 spiro atoms. The highest BCUT2D eigenvalue weighted by Gasteiger charge is 2.22. The molecule has 0 fully saturated rings. The van der Waals surface area contributed by atoms with Crippen molar-refractivity contribution in [2.24, 2.45) is 0 Å². The van der Waals surface area contributed by atoms with Gasteiger partial charge < -0.3 is 20.6 Å². The minimum Gasteiger partial charge on any atom is -0.481 e. The average Bonchev–Trinajstić information content (AvgIpc) is 2.10. The van der Waals surface area contributed by atoms with Gasteiger partial charge in [-0.3, -0.25) is 9.59 Å². The maximum Gasteiger partial charge on any atom is 0.326 e. The Hall–Kier alpha value is -1.63. The van der Waals surface area contributed by atoms with Crippen LogP contribution in [0.5, 0.6) is 0 Å². The van der Waals surface area contributed by atoms with Crippen LogP contribution < -0.4 is 5.32 Å². The Balaban J connectivity index is 4.22. The Morgan fingerprint density at radius 1 is 1.27 bits per heavy atom. The molecule has 86 valence electrons. The third kappa shape index (κ3) is 5.63. The molecule has 1 amide bonds. The van der Waals surface area contributed by atoms with Gasteiger partial charge in [0.1, 0.15) is 12.1 Å². The van der Waals surface area contributed by atoms with Gasteiger partial charge in [-0.2, -0.15) is 0 Å². The van der Waals surface area contributed by atoms with Gasteiger partial charge >= 0.3 is 11.9 Å². The molecule has 0 saturated carbocycles. The molecule has 0 aliphatic rings. The molecule has 15 heavy (non-hydrogen) atoms. The molecule has 0 radical (unpaired) electrons. The fourth-order valence-electron chi connectivity index (χ4n) is 0.818. The normalized spacial score (nSPS) is 14.0. The van der Waals surface area contributed by atoms with Crippen LogP contribution in [0.3, 0.4) is 0 Å². The fraction of sp³-hybridized carbons (Fsp3) is 0.625. The molecule has 0 rings (SSSR count). The van der Waals surface area contributed by atoms with Gasteiger partial charge in [0.05, 0.1) is 0 Å². The lowest BCUT2D eigenvalue weighted by atomic mass is 10.1. The molecule has 0 heterocycles. The highest BCUT2D eigenvalue weighted by Crippen LogP contribution is 1.98. The Bertz CT molecular complexity index is 262. The number of amides is 1. The van der Waals surface area contributed by atoms with Crippen LogP contribution >= 0.6 is 0 Å².